The Morgan fingerprint density at radius 1 is 0.500 bits per heavy atom. The van der Waals surface area contributed by atoms with Gasteiger partial charge in [-0.05, 0) is 59.7 Å². The van der Waals surface area contributed by atoms with Crippen LogP contribution in [0.4, 0.5) is 0 Å². The molecule has 0 aliphatic rings. The fraction of sp³-hybridized carbons (Fsp3) is 0. The molecule has 0 unspecified atom stereocenters. The first-order valence-electron chi connectivity index (χ1n) is 17.2. The van der Waals surface area contributed by atoms with E-state index in [0.29, 0.717) is 11.4 Å². The van der Waals surface area contributed by atoms with Crippen LogP contribution in [-0.4, -0.2) is 14.5 Å². The zero-order chi connectivity index (χ0) is 34.6. The van der Waals surface area contributed by atoms with E-state index in [4.69, 9.17) is 9.97 Å². The summed E-state index contributed by atoms with van der Waals surface area (Å²) in [6.45, 7) is 0. The van der Waals surface area contributed by atoms with Gasteiger partial charge in [0.05, 0.1) is 34.1 Å². The highest BCUT2D eigenvalue weighted by Gasteiger charge is 2.20. The van der Waals surface area contributed by atoms with Gasteiger partial charge in [-0.25, -0.2) is 9.97 Å². The summed E-state index contributed by atoms with van der Waals surface area (Å²) in [6.07, 6.45) is 0. The van der Waals surface area contributed by atoms with E-state index in [2.05, 4.69) is 120 Å². The third-order valence-electron chi connectivity index (χ3n) is 9.84. The first kappa shape index (κ1) is 30.0. The second kappa shape index (κ2) is 12.2. The molecular weight excluding hydrogens is 653 g/mol. The van der Waals surface area contributed by atoms with E-state index in [1.54, 1.807) is 0 Å². The summed E-state index contributed by atoms with van der Waals surface area (Å²) >= 11 is 1.85. The Morgan fingerprint density at radius 2 is 1.13 bits per heavy atom. The van der Waals surface area contributed by atoms with Gasteiger partial charge >= 0.3 is 0 Å². The highest BCUT2D eigenvalue weighted by Crippen LogP contribution is 2.44. The SMILES string of the molecule is N#Cc1ccccc1-c1cc(-c2nc(-c3ccccc3)cc(-c3ccccc3)n2)cc(-n2c3ccccc3c3c4sc5ccccc5c4ccc32)c1. The van der Waals surface area contributed by atoms with Crippen LogP contribution in [0.3, 0.4) is 0 Å². The molecule has 0 aliphatic heterocycles. The fourth-order valence-electron chi connectivity index (χ4n) is 7.46. The van der Waals surface area contributed by atoms with Gasteiger partial charge in [0.25, 0.3) is 0 Å². The second-order valence-corrected chi connectivity index (χ2v) is 14.0. The van der Waals surface area contributed by atoms with Crippen molar-refractivity contribution >= 4 is 53.3 Å². The number of hydrogen-bond donors (Lipinski definition) is 0. The van der Waals surface area contributed by atoms with Crippen LogP contribution in [0.15, 0.2) is 170 Å². The van der Waals surface area contributed by atoms with Crippen LogP contribution in [-0.2, 0) is 0 Å². The average molecular weight is 681 g/mol. The molecule has 52 heavy (non-hydrogen) atoms. The molecular formula is C47H28N4S. The number of thiophene rings is 1. The predicted octanol–water partition coefficient (Wildman–Crippen LogP) is 12.5. The Hall–Kier alpha value is -6.87. The summed E-state index contributed by atoms with van der Waals surface area (Å²) in [7, 11) is 0. The van der Waals surface area contributed by atoms with Crippen LogP contribution in [0, 0.1) is 11.3 Å². The van der Waals surface area contributed by atoms with E-state index in [1.807, 2.05) is 72.0 Å². The standard InChI is InChI=1S/C47H28N4S/c48-29-32-17-7-8-18-36(32)33-25-34(47-49-40(30-13-3-1-4-14-30)28-41(50-47)31-15-5-2-6-16-31)27-35(26-33)51-42-21-11-9-20-39(42)45-43(51)24-23-38-37-19-10-12-22-44(37)52-46(38)45/h1-28H. The summed E-state index contributed by atoms with van der Waals surface area (Å²) < 4.78 is 4.92. The van der Waals surface area contributed by atoms with Crippen molar-refractivity contribution in [2.75, 3.05) is 0 Å². The number of fused-ring (bicyclic) bond motifs is 7. The van der Waals surface area contributed by atoms with Crippen molar-refractivity contribution in [3.63, 3.8) is 0 Å². The highest BCUT2D eigenvalue weighted by molar-refractivity contribution is 7.26. The molecule has 0 fully saturated rings. The smallest absolute Gasteiger partial charge is 0.160 e. The van der Waals surface area contributed by atoms with E-state index in [1.165, 1.54) is 30.9 Å². The van der Waals surface area contributed by atoms with Crippen LogP contribution in [0.5, 0.6) is 0 Å². The molecule has 5 heteroatoms. The van der Waals surface area contributed by atoms with E-state index in [-0.39, 0.29) is 0 Å². The van der Waals surface area contributed by atoms with Crippen molar-refractivity contribution in [3.05, 3.63) is 175 Å². The van der Waals surface area contributed by atoms with Gasteiger partial charge in [0.2, 0.25) is 0 Å². The zero-order valence-corrected chi connectivity index (χ0v) is 28.7. The van der Waals surface area contributed by atoms with Gasteiger partial charge in [0.1, 0.15) is 0 Å². The molecule has 0 N–H and O–H groups in total. The molecule has 7 aromatic carbocycles. The summed E-state index contributed by atoms with van der Waals surface area (Å²) in [6, 6.07) is 61.1. The van der Waals surface area contributed by atoms with E-state index in [0.717, 1.165) is 55.9 Å². The lowest BCUT2D eigenvalue weighted by molar-refractivity contribution is 1.16. The molecule has 4 nitrogen and oxygen atoms in total. The summed E-state index contributed by atoms with van der Waals surface area (Å²) in [5.74, 6) is 0.616. The fourth-order valence-corrected chi connectivity index (χ4v) is 8.72. The monoisotopic (exact) mass is 680 g/mol. The molecule has 0 amide bonds. The van der Waals surface area contributed by atoms with Gasteiger partial charge in [0.15, 0.2) is 5.82 Å². The second-order valence-electron chi connectivity index (χ2n) is 12.9. The minimum absolute atomic E-state index is 0.615. The lowest BCUT2D eigenvalue weighted by Gasteiger charge is -2.15. The molecule has 0 saturated carbocycles. The van der Waals surface area contributed by atoms with Gasteiger partial charge in [-0.1, -0.05) is 121 Å². The van der Waals surface area contributed by atoms with Crippen LogP contribution in [0.1, 0.15) is 5.56 Å². The third-order valence-corrected chi connectivity index (χ3v) is 11.0. The van der Waals surface area contributed by atoms with Gasteiger partial charge in [-0.2, -0.15) is 5.26 Å². The number of aromatic nitrogens is 3. The number of benzene rings is 7. The first-order chi connectivity index (χ1) is 25.7. The average Bonchev–Trinajstić information content (AvgIpc) is 3.77. The van der Waals surface area contributed by atoms with Crippen molar-refractivity contribution in [1.82, 2.24) is 14.5 Å². The van der Waals surface area contributed by atoms with Crippen LogP contribution < -0.4 is 0 Å². The van der Waals surface area contributed by atoms with Crippen LogP contribution in [0.25, 0.3) is 92.7 Å². The van der Waals surface area contributed by atoms with Gasteiger partial charge < -0.3 is 4.57 Å². The normalized spacial score (nSPS) is 11.4. The number of para-hydroxylation sites is 1. The Kier molecular flexibility index (Phi) is 7.02. The maximum absolute atomic E-state index is 10.2. The molecule has 0 saturated heterocycles. The van der Waals surface area contributed by atoms with E-state index < -0.39 is 0 Å². The van der Waals surface area contributed by atoms with Crippen molar-refractivity contribution in [3.8, 4) is 56.8 Å². The maximum Gasteiger partial charge on any atom is 0.160 e. The molecule has 0 bridgehead atoms. The van der Waals surface area contributed by atoms with Gasteiger partial charge in [0, 0.05) is 53.3 Å². The minimum atomic E-state index is 0.615. The highest BCUT2D eigenvalue weighted by atomic mass is 32.1. The van der Waals surface area contributed by atoms with Crippen molar-refractivity contribution < 1.29 is 0 Å². The molecule has 0 atom stereocenters. The molecule has 0 spiro atoms. The summed E-state index contributed by atoms with van der Waals surface area (Å²) in [4.78, 5) is 10.4. The number of nitrogens with zero attached hydrogens (tertiary/aromatic N) is 4. The van der Waals surface area contributed by atoms with E-state index in [9.17, 15) is 5.26 Å². The molecule has 10 rings (SSSR count). The summed E-state index contributed by atoms with van der Waals surface area (Å²) in [5.41, 5.74) is 10.2. The molecule has 3 aromatic heterocycles. The number of hydrogen-bond acceptors (Lipinski definition) is 4. The molecule has 0 aliphatic carbocycles. The molecule has 0 radical (unpaired) electrons. The van der Waals surface area contributed by atoms with Gasteiger partial charge in [-0.15, -0.1) is 11.3 Å². The summed E-state index contributed by atoms with van der Waals surface area (Å²) in [5, 5.41) is 15.2. The Bertz CT molecular complexity index is 2970. The van der Waals surface area contributed by atoms with Crippen LogP contribution >= 0.6 is 11.3 Å². The minimum Gasteiger partial charge on any atom is -0.309 e. The van der Waals surface area contributed by atoms with E-state index >= 15 is 0 Å². The first-order valence-corrected chi connectivity index (χ1v) is 18.0. The van der Waals surface area contributed by atoms with Crippen molar-refractivity contribution in [2.45, 2.75) is 0 Å². The maximum atomic E-state index is 10.2. The largest absolute Gasteiger partial charge is 0.309 e. The lowest BCUT2D eigenvalue weighted by atomic mass is 9.97. The van der Waals surface area contributed by atoms with Crippen LogP contribution in [0.2, 0.25) is 0 Å². The zero-order valence-electron chi connectivity index (χ0n) is 27.9. The Morgan fingerprint density at radius 3 is 1.88 bits per heavy atom. The predicted molar refractivity (Wildman–Crippen MR) is 216 cm³/mol. The number of nitriles is 1. The Balaban J connectivity index is 1.29. The Labute approximate surface area is 304 Å². The topological polar surface area (TPSA) is 54.5 Å². The third kappa shape index (κ3) is 4.89. The quantitative estimate of drug-likeness (QED) is 0.182. The molecule has 242 valence electrons. The van der Waals surface area contributed by atoms with Gasteiger partial charge in [-0.3, -0.25) is 0 Å². The molecule has 10 aromatic rings. The number of rotatable bonds is 5. The van der Waals surface area contributed by atoms with Crippen molar-refractivity contribution in [1.29, 1.82) is 5.26 Å². The van der Waals surface area contributed by atoms with Crippen molar-refractivity contribution in [2.24, 2.45) is 0 Å². The molecule has 3 heterocycles. The lowest BCUT2D eigenvalue weighted by Crippen LogP contribution is -1.99.